The highest BCUT2D eigenvalue weighted by Crippen LogP contribution is 2.23. The maximum Gasteiger partial charge on any atom is 0.0848 e. The fraction of sp³-hybridized carbons (Fsp3) is 0.438. The minimum Gasteiger partial charge on any atom is -0.383 e. The van der Waals surface area contributed by atoms with E-state index in [1.807, 2.05) is 18.5 Å². The number of aromatic nitrogens is 2. The third kappa shape index (κ3) is 3.64. The highest BCUT2D eigenvalue weighted by molar-refractivity contribution is 6.31. The molecule has 0 bridgehead atoms. The topological polar surface area (TPSA) is 39.1 Å². The Morgan fingerprint density at radius 1 is 1.29 bits per heavy atom. The number of rotatable bonds is 6. The Bertz CT molecular complexity index is 622. The van der Waals surface area contributed by atoms with Crippen LogP contribution in [0.25, 0.3) is 5.69 Å². The minimum atomic E-state index is 0.724. The van der Waals surface area contributed by atoms with E-state index in [9.17, 15) is 0 Å². The van der Waals surface area contributed by atoms with Crippen LogP contribution >= 0.6 is 11.6 Å². The van der Waals surface area contributed by atoms with Crippen molar-refractivity contribution in [3.8, 4) is 5.69 Å². The van der Waals surface area contributed by atoms with Crippen LogP contribution in [0.3, 0.4) is 0 Å². The zero-order chi connectivity index (χ0) is 15.4. The van der Waals surface area contributed by atoms with Gasteiger partial charge >= 0.3 is 0 Å². The van der Waals surface area contributed by atoms with Crippen molar-refractivity contribution in [1.29, 1.82) is 0 Å². The maximum atomic E-state index is 6.21. The van der Waals surface area contributed by atoms with Gasteiger partial charge in [-0.25, -0.2) is 4.68 Å². The standard InChI is InChI=1S/C16H22ClN3O/c1-11-9-15(20-13(3)16(17)12(2)19-20)6-5-14(11)10-18-7-8-21-4/h5-6,9,18H,7-8,10H2,1-4H3. The molecule has 0 radical (unpaired) electrons. The van der Waals surface area contributed by atoms with Crippen molar-refractivity contribution in [3.63, 3.8) is 0 Å². The van der Waals surface area contributed by atoms with Crippen molar-refractivity contribution < 1.29 is 4.74 Å². The van der Waals surface area contributed by atoms with E-state index in [0.717, 1.165) is 41.8 Å². The third-order valence-electron chi connectivity index (χ3n) is 3.57. The molecule has 0 saturated carbocycles. The van der Waals surface area contributed by atoms with E-state index < -0.39 is 0 Å². The van der Waals surface area contributed by atoms with Crippen LogP contribution in [0.4, 0.5) is 0 Å². The molecule has 21 heavy (non-hydrogen) atoms. The van der Waals surface area contributed by atoms with Gasteiger partial charge in [0.1, 0.15) is 0 Å². The average molecular weight is 308 g/mol. The quantitative estimate of drug-likeness (QED) is 0.833. The molecule has 2 rings (SSSR count). The van der Waals surface area contributed by atoms with Crippen LogP contribution in [0.1, 0.15) is 22.5 Å². The van der Waals surface area contributed by atoms with Gasteiger partial charge in [0.25, 0.3) is 0 Å². The van der Waals surface area contributed by atoms with E-state index in [-0.39, 0.29) is 0 Å². The average Bonchev–Trinajstić information content (AvgIpc) is 2.72. The summed E-state index contributed by atoms with van der Waals surface area (Å²) in [6, 6.07) is 6.36. The smallest absolute Gasteiger partial charge is 0.0848 e. The molecule has 0 amide bonds. The summed E-state index contributed by atoms with van der Waals surface area (Å²) in [5.74, 6) is 0. The molecule has 1 heterocycles. The van der Waals surface area contributed by atoms with Crippen LogP contribution in [0.2, 0.25) is 5.02 Å². The first-order chi connectivity index (χ1) is 10.0. The Labute approximate surface area is 131 Å². The Morgan fingerprint density at radius 2 is 2.05 bits per heavy atom. The first-order valence-electron chi connectivity index (χ1n) is 7.06. The van der Waals surface area contributed by atoms with Crippen molar-refractivity contribution in [3.05, 3.63) is 45.7 Å². The first-order valence-corrected chi connectivity index (χ1v) is 7.43. The van der Waals surface area contributed by atoms with Gasteiger partial charge in [0.15, 0.2) is 0 Å². The molecule has 1 N–H and O–H groups in total. The molecule has 0 aliphatic rings. The summed E-state index contributed by atoms with van der Waals surface area (Å²) in [7, 11) is 1.71. The Hall–Kier alpha value is -1.36. The molecule has 1 aromatic carbocycles. The summed E-state index contributed by atoms with van der Waals surface area (Å²) in [5.41, 5.74) is 5.39. The van der Waals surface area contributed by atoms with Crippen molar-refractivity contribution in [2.24, 2.45) is 0 Å². The summed E-state index contributed by atoms with van der Waals surface area (Å²) in [4.78, 5) is 0. The van der Waals surface area contributed by atoms with Crippen LogP contribution in [-0.4, -0.2) is 30.0 Å². The van der Waals surface area contributed by atoms with E-state index in [4.69, 9.17) is 16.3 Å². The van der Waals surface area contributed by atoms with Crippen LogP contribution in [0.15, 0.2) is 18.2 Å². The highest BCUT2D eigenvalue weighted by atomic mass is 35.5. The first kappa shape index (κ1) is 16.0. The van der Waals surface area contributed by atoms with E-state index in [1.54, 1.807) is 7.11 Å². The lowest BCUT2D eigenvalue weighted by atomic mass is 10.1. The van der Waals surface area contributed by atoms with Gasteiger partial charge in [0.2, 0.25) is 0 Å². The van der Waals surface area contributed by atoms with Crippen LogP contribution in [-0.2, 0) is 11.3 Å². The number of hydrogen-bond donors (Lipinski definition) is 1. The van der Waals surface area contributed by atoms with Gasteiger partial charge < -0.3 is 10.1 Å². The molecular weight excluding hydrogens is 286 g/mol. The number of benzene rings is 1. The number of nitrogens with zero attached hydrogens (tertiary/aromatic N) is 2. The Kier molecular flexibility index (Phi) is 5.39. The Morgan fingerprint density at radius 3 is 2.62 bits per heavy atom. The van der Waals surface area contributed by atoms with Gasteiger partial charge in [-0.3, -0.25) is 0 Å². The molecule has 0 spiro atoms. The van der Waals surface area contributed by atoms with Gasteiger partial charge in [-0.1, -0.05) is 17.7 Å². The zero-order valence-corrected chi connectivity index (χ0v) is 13.8. The van der Waals surface area contributed by atoms with E-state index in [0.29, 0.717) is 0 Å². The lowest BCUT2D eigenvalue weighted by Gasteiger charge is -2.11. The van der Waals surface area contributed by atoms with Gasteiger partial charge in [-0.2, -0.15) is 5.10 Å². The summed E-state index contributed by atoms with van der Waals surface area (Å²) in [5, 5.41) is 8.58. The van der Waals surface area contributed by atoms with Crippen LogP contribution < -0.4 is 5.32 Å². The summed E-state index contributed by atoms with van der Waals surface area (Å²) >= 11 is 6.21. The molecule has 1 aromatic heterocycles. The molecule has 2 aromatic rings. The maximum absolute atomic E-state index is 6.21. The van der Waals surface area contributed by atoms with E-state index >= 15 is 0 Å². The fourth-order valence-electron chi connectivity index (χ4n) is 2.28. The second-order valence-electron chi connectivity index (χ2n) is 5.18. The van der Waals surface area contributed by atoms with E-state index in [1.165, 1.54) is 11.1 Å². The van der Waals surface area contributed by atoms with Crippen molar-refractivity contribution in [1.82, 2.24) is 15.1 Å². The van der Waals surface area contributed by atoms with E-state index in [2.05, 4.69) is 35.5 Å². The molecule has 0 unspecified atom stereocenters. The summed E-state index contributed by atoms with van der Waals surface area (Å²) < 4.78 is 6.92. The molecule has 4 nitrogen and oxygen atoms in total. The zero-order valence-electron chi connectivity index (χ0n) is 13.0. The number of aryl methyl sites for hydroxylation is 2. The SMILES string of the molecule is COCCNCc1ccc(-n2nc(C)c(Cl)c2C)cc1C. The normalized spacial score (nSPS) is 11.1. The molecule has 114 valence electrons. The molecule has 0 atom stereocenters. The number of methoxy groups -OCH3 is 1. The molecule has 0 aliphatic carbocycles. The highest BCUT2D eigenvalue weighted by Gasteiger charge is 2.11. The predicted molar refractivity (Wildman–Crippen MR) is 86.4 cm³/mol. The lowest BCUT2D eigenvalue weighted by molar-refractivity contribution is 0.199. The molecule has 0 fully saturated rings. The number of ether oxygens (including phenoxy) is 1. The molecule has 5 heteroatoms. The Balaban J connectivity index is 2.16. The number of halogens is 1. The fourth-order valence-corrected chi connectivity index (χ4v) is 2.40. The van der Waals surface area contributed by atoms with Crippen LogP contribution in [0.5, 0.6) is 0 Å². The van der Waals surface area contributed by atoms with Crippen molar-refractivity contribution in [2.45, 2.75) is 27.3 Å². The van der Waals surface area contributed by atoms with Gasteiger partial charge in [-0.05, 0) is 44.0 Å². The van der Waals surface area contributed by atoms with Crippen LogP contribution in [0, 0.1) is 20.8 Å². The summed E-state index contributed by atoms with van der Waals surface area (Å²) in [6.45, 7) is 8.44. The minimum absolute atomic E-state index is 0.724. The van der Waals surface area contributed by atoms with Crippen molar-refractivity contribution in [2.75, 3.05) is 20.3 Å². The molecule has 0 saturated heterocycles. The molecular formula is C16H22ClN3O. The van der Waals surface area contributed by atoms with Gasteiger partial charge in [-0.15, -0.1) is 0 Å². The lowest BCUT2D eigenvalue weighted by Crippen LogP contribution is -2.19. The van der Waals surface area contributed by atoms with Gasteiger partial charge in [0, 0.05) is 20.2 Å². The molecule has 0 aliphatic heterocycles. The van der Waals surface area contributed by atoms with Gasteiger partial charge in [0.05, 0.1) is 28.7 Å². The second-order valence-corrected chi connectivity index (χ2v) is 5.55. The summed E-state index contributed by atoms with van der Waals surface area (Å²) in [6.07, 6.45) is 0. The predicted octanol–water partition coefficient (Wildman–Crippen LogP) is 3.19. The number of hydrogen-bond acceptors (Lipinski definition) is 3. The monoisotopic (exact) mass is 307 g/mol. The third-order valence-corrected chi connectivity index (χ3v) is 4.12. The largest absolute Gasteiger partial charge is 0.383 e. The van der Waals surface area contributed by atoms with Crippen molar-refractivity contribution >= 4 is 11.6 Å². The second kappa shape index (κ2) is 7.07. The number of nitrogens with one attached hydrogen (secondary N) is 1.